The molecule has 2 heterocycles. The van der Waals surface area contributed by atoms with Gasteiger partial charge in [0.2, 0.25) is 0 Å². The lowest BCUT2D eigenvalue weighted by Crippen LogP contribution is -2.12. The molecule has 19 heavy (non-hydrogen) atoms. The van der Waals surface area contributed by atoms with Crippen LogP contribution in [0.2, 0.25) is 0 Å². The number of fused-ring (bicyclic) bond motifs is 1. The maximum atomic E-state index is 10.3. The van der Waals surface area contributed by atoms with E-state index in [1.54, 1.807) is 11.3 Å². The monoisotopic (exact) mass is 276 g/mol. The van der Waals surface area contributed by atoms with Crippen LogP contribution in [0.15, 0.2) is 35.0 Å². The maximum absolute atomic E-state index is 10.3. The Labute approximate surface area is 116 Å². The fourth-order valence-electron chi connectivity index (χ4n) is 2.06. The zero-order valence-corrected chi connectivity index (χ0v) is 11.5. The van der Waals surface area contributed by atoms with Crippen molar-refractivity contribution >= 4 is 11.3 Å². The normalized spacial score (nSPS) is 19.8. The third kappa shape index (κ3) is 2.60. The highest BCUT2D eigenvalue weighted by Crippen LogP contribution is 2.34. The average molecular weight is 276 g/mol. The fraction of sp³-hybridized carbons (Fsp3) is 0.333. The Balaban J connectivity index is 1.89. The molecule has 1 N–H and O–H groups in total. The molecule has 1 aliphatic heterocycles. The van der Waals surface area contributed by atoms with E-state index in [0.717, 1.165) is 22.6 Å². The van der Waals surface area contributed by atoms with Crippen molar-refractivity contribution in [1.82, 2.24) is 0 Å². The Morgan fingerprint density at radius 2 is 1.95 bits per heavy atom. The van der Waals surface area contributed by atoms with E-state index in [4.69, 9.17) is 9.47 Å². The van der Waals surface area contributed by atoms with Crippen LogP contribution in [0.1, 0.15) is 24.2 Å². The second kappa shape index (κ2) is 5.23. The first-order valence-electron chi connectivity index (χ1n) is 6.34. The van der Waals surface area contributed by atoms with Gasteiger partial charge < -0.3 is 14.6 Å². The molecule has 3 rings (SSSR count). The van der Waals surface area contributed by atoms with Crippen molar-refractivity contribution in [3.8, 4) is 11.5 Å². The van der Waals surface area contributed by atoms with Gasteiger partial charge in [-0.15, -0.1) is 0 Å². The molecular formula is C15H16O3S. The summed E-state index contributed by atoms with van der Waals surface area (Å²) in [4.78, 5) is 0. The summed E-state index contributed by atoms with van der Waals surface area (Å²) >= 11 is 1.58. The van der Waals surface area contributed by atoms with Gasteiger partial charge in [-0.25, -0.2) is 0 Å². The lowest BCUT2D eigenvalue weighted by atomic mass is 10.0. The van der Waals surface area contributed by atoms with Gasteiger partial charge >= 0.3 is 0 Å². The number of ether oxygens (including phenoxy) is 2. The molecule has 0 saturated heterocycles. The molecular weight excluding hydrogens is 260 g/mol. The molecule has 0 saturated carbocycles. The second-order valence-corrected chi connectivity index (χ2v) is 5.67. The minimum Gasteiger partial charge on any atom is -0.489 e. The smallest absolute Gasteiger partial charge is 0.161 e. The summed E-state index contributed by atoms with van der Waals surface area (Å²) < 4.78 is 11.4. The van der Waals surface area contributed by atoms with E-state index < -0.39 is 6.10 Å². The molecule has 0 fully saturated rings. The fourth-order valence-corrected chi connectivity index (χ4v) is 2.74. The maximum Gasteiger partial charge on any atom is 0.161 e. The van der Waals surface area contributed by atoms with Crippen LogP contribution in [-0.4, -0.2) is 18.3 Å². The molecule has 2 unspecified atom stereocenters. The van der Waals surface area contributed by atoms with Crippen molar-refractivity contribution in [2.45, 2.75) is 13.0 Å². The zero-order chi connectivity index (χ0) is 13.2. The Hall–Kier alpha value is -1.52. The van der Waals surface area contributed by atoms with Crippen LogP contribution in [0.4, 0.5) is 0 Å². The van der Waals surface area contributed by atoms with Gasteiger partial charge in [0.25, 0.3) is 0 Å². The summed E-state index contributed by atoms with van der Waals surface area (Å²) in [6.07, 6.45) is -0.610. The van der Waals surface area contributed by atoms with Crippen LogP contribution in [-0.2, 0) is 0 Å². The minimum absolute atomic E-state index is 0.373. The third-order valence-corrected chi connectivity index (χ3v) is 3.89. The summed E-state index contributed by atoms with van der Waals surface area (Å²) in [6, 6.07) is 7.56. The first kappa shape index (κ1) is 12.5. The van der Waals surface area contributed by atoms with Crippen LogP contribution in [0.25, 0.3) is 0 Å². The van der Waals surface area contributed by atoms with Gasteiger partial charge in [-0.1, -0.05) is 13.0 Å². The molecule has 0 bridgehead atoms. The summed E-state index contributed by atoms with van der Waals surface area (Å²) in [7, 11) is 0. The van der Waals surface area contributed by atoms with Crippen LogP contribution in [0.5, 0.6) is 11.5 Å². The van der Waals surface area contributed by atoms with Crippen LogP contribution < -0.4 is 9.47 Å². The van der Waals surface area contributed by atoms with Crippen molar-refractivity contribution in [2.75, 3.05) is 13.2 Å². The Morgan fingerprint density at radius 3 is 2.68 bits per heavy atom. The molecule has 0 radical (unpaired) electrons. The molecule has 3 nitrogen and oxygen atoms in total. The predicted octanol–water partition coefficient (Wildman–Crippen LogP) is 3.24. The molecule has 1 aliphatic rings. The van der Waals surface area contributed by atoms with Crippen molar-refractivity contribution in [3.05, 3.63) is 46.2 Å². The number of thiophene rings is 1. The van der Waals surface area contributed by atoms with Crippen molar-refractivity contribution in [2.24, 2.45) is 5.92 Å². The standard InChI is InChI=1S/C15H16O3S/c1-10-7-17-13-3-2-11(6-14(13)18-8-10)15(16)12-4-5-19-9-12/h2-6,9-10,15-16H,7-8H2,1H3. The highest BCUT2D eigenvalue weighted by Gasteiger charge is 2.18. The number of rotatable bonds is 2. The van der Waals surface area contributed by atoms with E-state index in [2.05, 4.69) is 6.92 Å². The SMILES string of the molecule is CC1COc2ccc(C(O)c3ccsc3)cc2OC1. The van der Waals surface area contributed by atoms with E-state index in [1.165, 1.54) is 0 Å². The van der Waals surface area contributed by atoms with Gasteiger partial charge in [-0.3, -0.25) is 0 Å². The van der Waals surface area contributed by atoms with Crippen molar-refractivity contribution < 1.29 is 14.6 Å². The predicted molar refractivity (Wildman–Crippen MR) is 75.0 cm³/mol. The first-order chi connectivity index (χ1) is 9.24. The van der Waals surface area contributed by atoms with Gasteiger partial charge in [0.05, 0.1) is 13.2 Å². The quantitative estimate of drug-likeness (QED) is 0.915. The first-order valence-corrected chi connectivity index (χ1v) is 7.28. The summed E-state index contributed by atoms with van der Waals surface area (Å²) in [5.74, 6) is 1.85. The number of aliphatic hydroxyl groups excluding tert-OH is 1. The topological polar surface area (TPSA) is 38.7 Å². The van der Waals surface area contributed by atoms with Gasteiger partial charge in [-0.2, -0.15) is 11.3 Å². The Kier molecular flexibility index (Phi) is 3.44. The lowest BCUT2D eigenvalue weighted by molar-refractivity contribution is 0.219. The number of aliphatic hydroxyl groups is 1. The molecule has 0 aliphatic carbocycles. The summed E-state index contributed by atoms with van der Waals surface area (Å²) in [5.41, 5.74) is 1.74. The Bertz CT molecular complexity index is 551. The van der Waals surface area contributed by atoms with E-state index in [-0.39, 0.29) is 0 Å². The van der Waals surface area contributed by atoms with Gasteiger partial charge in [0.1, 0.15) is 6.10 Å². The summed E-state index contributed by atoms with van der Waals surface area (Å²) in [5, 5.41) is 14.2. The highest BCUT2D eigenvalue weighted by molar-refractivity contribution is 7.07. The third-order valence-electron chi connectivity index (χ3n) is 3.19. The Morgan fingerprint density at radius 1 is 1.16 bits per heavy atom. The molecule has 2 atom stereocenters. The molecule has 2 aromatic rings. The number of benzene rings is 1. The van der Waals surface area contributed by atoms with Crippen LogP contribution in [0, 0.1) is 5.92 Å². The van der Waals surface area contributed by atoms with Gasteiger partial charge in [0.15, 0.2) is 11.5 Å². The van der Waals surface area contributed by atoms with Gasteiger partial charge in [0, 0.05) is 5.92 Å². The second-order valence-electron chi connectivity index (χ2n) is 4.89. The molecule has 0 amide bonds. The molecule has 0 spiro atoms. The molecule has 1 aromatic heterocycles. The van der Waals surface area contributed by atoms with E-state index in [1.807, 2.05) is 35.0 Å². The zero-order valence-electron chi connectivity index (χ0n) is 10.7. The van der Waals surface area contributed by atoms with E-state index in [0.29, 0.717) is 19.1 Å². The summed E-state index contributed by atoms with van der Waals surface area (Å²) in [6.45, 7) is 3.40. The lowest BCUT2D eigenvalue weighted by Gasteiger charge is -2.13. The minimum atomic E-state index is -0.610. The van der Waals surface area contributed by atoms with Gasteiger partial charge in [-0.05, 0) is 40.1 Å². The van der Waals surface area contributed by atoms with E-state index in [9.17, 15) is 5.11 Å². The largest absolute Gasteiger partial charge is 0.489 e. The van der Waals surface area contributed by atoms with Crippen molar-refractivity contribution in [3.63, 3.8) is 0 Å². The van der Waals surface area contributed by atoms with E-state index >= 15 is 0 Å². The highest BCUT2D eigenvalue weighted by atomic mass is 32.1. The van der Waals surface area contributed by atoms with Crippen LogP contribution >= 0.6 is 11.3 Å². The molecule has 100 valence electrons. The number of hydrogen-bond acceptors (Lipinski definition) is 4. The van der Waals surface area contributed by atoms with Crippen LogP contribution in [0.3, 0.4) is 0 Å². The number of hydrogen-bond donors (Lipinski definition) is 1. The van der Waals surface area contributed by atoms with Crippen molar-refractivity contribution in [1.29, 1.82) is 0 Å². The molecule has 1 aromatic carbocycles. The average Bonchev–Trinajstić information content (AvgIpc) is 2.90. The molecule has 4 heteroatoms.